The molecule has 0 aliphatic carbocycles. The molecule has 0 saturated carbocycles. The normalized spacial score (nSPS) is 15.2. The van der Waals surface area contributed by atoms with Gasteiger partial charge in [-0.15, -0.1) is 0 Å². The summed E-state index contributed by atoms with van der Waals surface area (Å²) in [6, 6.07) is 5.87. The van der Waals surface area contributed by atoms with Gasteiger partial charge >= 0.3 is 5.97 Å². The quantitative estimate of drug-likeness (QED) is 0.841. The SMILES string of the molecule is N[C@@H](Cc1cccc(C(=O)N2C=CN=CC2)c1)C(=O)O. The second-order valence-corrected chi connectivity index (χ2v) is 4.44. The number of hydrogen-bond acceptors (Lipinski definition) is 4. The lowest BCUT2D eigenvalue weighted by Gasteiger charge is -2.18. The van der Waals surface area contributed by atoms with Crippen LogP contribution in [0.2, 0.25) is 0 Å². The van der Waals surface area contributed by atoms with Crippen molar-refractivity contribution in [3.63, 3.8) is 0 Å². The summed E-state index contributed by atoms with van der Waals surface area (Å²) in [5.74, 6) is -1.21. The Kier molecular flexibility index (Phi) is 4.27. The van der Waals surface area contributed by atoms with Gasteiger partial charge in [0.15, 0.2) is 0 Å². The van der Waals surface area contributed by atoms with E-state index in [0.29, 0.717) is 12.1 Å². The number of aliphatic imine (C=N–C) groups is 1. The molecule has 6 nitrogen and oxygen atoms in total. The first kappa shape index (κ1) is 14.0. The van der Waals surface area contributed by atoms with Crippen LogP contribution < -0.4 is 5.73 Å². The second-order valence-electron chi connectivity index (χ2n) is 4.44. The van der Waals surface area contributed by atoms with E-state index < -0.39 is 12.0 Å². The smallest absolute Gasteiger partial charge is 0.320 e. The van der Waals surface area contributed by atoms with Crippen molar-refractivity contribution in [2.75, 3.05) is 6.54 Å². The van der Waals surface area contributed by atoms with Crippen LogP contribution in [0.1, 0.15) is 15.9 Å². The summed E-state index contributed by atoms with van der Waals surface area (Å²) >= 11 is 0. The minimum Gasteiger partial charge on any atom is -0.480 e. The Bertz CT molecular complexity index is 581. The number of hydrogen-bond donors (Lipinski definition) is 2. The molecule has 6 heteroatoms. The Labute approximate surface area is 116 Å². The molecule has 1 aliphatic heterocycles. The van der Waals surface area contributed by atoms with Crippen LogP contribution in [0.25, 0.3) is 0 Å². The van der Waals surface area contributed by atoms with Crippen LogP contribution in [-0.2, 0) is 11.2 Å². The maximum absolute atomic E-state index is 12.2. The van der Waals surface area contributed by atoms with Gasteiger partial charge in [-0.25, -0.2) is 0 Å². The fourth-order valence-corrected chi connectivity index (χ4v) is 1.86. The van der Waals surface area contributed by atoms with Crippen molar-refractivity contribution in [3.8, 4) is 0 Å². The number of carboxylic acids is 1. The van der Waals surface area contributed by atoms with E-state index in [9.17, 15) is 9.59 Å². The van der Waals surface area contributed by atoms with Gasteiger partial charge in [0.2, 0.25) is 0 Å². The number of nitrogens with zero attached hydrogens (tertiary/aromatic N) is 2. The third-order valence-corrected chi connectivity index (χ3v) is 2.92. The van der Waals surface area contributed by atoms with Crippen LogP contribution in [0.15, 0.2) is 41.7 Å². The zero-order chi connectivity index (χ0) is 14.5. The number of carboxylic acid groups (broad SMARTS) is 1. The number of nitrogens with two attached hydrogens (primary N) is 1. The summed E-state index contributed by atoms with van der Waals surface area (Å²) in [5.41, 5.74) is 6.72. The van der Waals surface area contributed by atoms with Crippen molar-refractivity contribution in [2.24, 2.45) is 10.7 Å². The monoisotopic (exact) mass is 273 g/mol. The van der Waals surface area contributed by atoms with Crippen molar-refractivity contribution in [1.82, 2.24) is 4.90 Å². The van der Waals surface area contributed by atoms with Crippen LogP contribution in [-0.4, -0.2) is 40.7 Å². The minimum atomic E-state index is -1.06. The lowest BCUT2D eigenvalue weighted by Crippen LogP contribution is -2.32. The predicted molar refractivity (Wildman–Crippen MR) is 74.4 cm³/mol. The maximum atomic E-state index is 12.2. The van der Waals surface area contributed by atoms with E-state index in [2.05, 4.69) is 4.99 Å². The summed E-state index contributed by atoms with van der Waals surface area (Å²) in [6.07, 6.45) is 4.99. The molecule has 0 radical (unpaired) electrons. The number of benzene rings is 1. The first-order valence-corrected chi connectivity index (χ1v) is 6.14. The molecule has 1 aromatic rings. The average Bonchev–Trinajstić information content (AvgIpc) is 2.47. The molecular formula is C14H15N3O3. The van der Waals surface area contributed by atoms with E-state index in [-0.39, 0.29) is 12.3 Å². The van der Waals surface area contributed by atoms with Crippen LogP contribution in [0, 0.1) is 0 Å². The summed E-state index contributed by atoms with van der Waals surface area (Å²) in [5, 5.41) is 8.80. The third kappa shape index (κ3) is 3.30. The fraction of sp³-hybridized carbons (Fsp3) is 0.214. The highest BCUT2D eigenvalue weighted by molar-refractivity contribution is 5.96. The van der Waals surface area contributed by atoms with Gasteiger partial charge in [-0.05, 0) is 24.1 Å². The highest BCUT2D eigenvalue weighted by Crippen LogP contribution is 2.11. The number of amides is 1. The number of carbonyl (C=O) groups excluding carboxylic acids is 1. The molecule has 1 aromatic carbocycles. The lowest BCUT2D eigenvalue weighted by molar-refractivity contribution is -0.138. The van der Waals surface area contributed by atoms with Gasteiger partial charge in [0.1, 0.15) is 6.04 Å². The van der Waals surface area contributed by atoms with Crippen molar-refractivity contribution >= 4 is 18.1 Å². The third-order valence-electron chi connectivity index (χ3n) is 2.92. The lowest BCUT2D eigenvalue weighted by atomic mass is 10.0. The van der Waals surface area contributed by atoms with Crippen LogP contribution in [0.3, 0.4) is 0 Å². The van der Waals surface area contributed by atoms with Gasteiger partial charge in [-0.2, -0.15) is 0 Å². The van der Waals surface area contributed by atoms with Gasteiger partial charge in [-0.1, -0.05) is 12.1 Å². The van der Waals surface area contributed by atoms with Crippen LogP contribution >= 0.6 is 0 Å². The number of aliphatic carboxylic acids is 1. The van der Waals surface area contributed by atoms with Crippen molar-refractivity contribution < 1.29 is 14.7 Å². The second kappa shape index (κ2) is 6.12. The number of carbonyl (C=O) groups is 2. The summed E-state index contributed by atoms with van der Waals surface area (Å²) in [7, 11) is 0. The fourth-order valence-electron chi connectivity index (χ4n) is 1.86. The van der Waals surface area contributed by atoms with Gasteiger partial charge in [0.25, 0.3) is 5.91 Å². The Hall–Kier alpha value is -2.47. The highest BCUT2D eigenvalue weighted by Gasteiger charge is 2.16. The van der Waals surface area contributed by atoms with E-state index in [0.717, 1.165) is 5.56 Å². The topological polar surface area (TPSA) is 96.0 Å². The van der Waals surface area contributed by atoms with Gasteiger partial charge in [-0.3, -0.25) is 14.6 Å². The standard InChI is InChI=1S/C14H15N3O3/c15-12(14(19)20)9-10-2-1-3-11(8-10)13(18)17-6-4-16-5-7-17/h1-6,8,12H,7,9,15H2,(H,19,20)/t12-/m0/s1. The van der Waals surface area contributed by atoms with E-state index in [1.54, 1.807) is 42.9 Å². The molecule has 0 spiro atoms. The van der Waals surface area contributed by atoms with Crippen molar-refractivity contribution in [1.29, 1.82) is 0 Å². The largest absolute Gasteiger partial charge is 0.480 e. The van der Waals surface area contributed by atoms with Crippen molar-refractivity contribution in [3.05, 3.63) is 47.8 Å². The number of rotatable bonds is 4. The molecule has 20 heavy (non-hydrogen) atoms. The highest BCUT2D eigenvalue weighted by atomic mass is 16.4. The van der Waals surface area contributed by atoms with Crippen LogP contribution in [0.4, 0.5) is 0 Å². The molecule has 1 heterocycles. The molecule has 0 bridgehead atoms. The maximum Gasteiger partial charge on any atom is 0.320 e. The summed E-state index contributed by atoms with van der Waals surface area (Å²) in [4.78, 5) is 28.4. The van der Waals surface area contributed by atoms with Gasteiger partial charge in [0.05, 0.1) is 6.54 Å². The molecule has 0 unspecified atom stereocenters. The molecule has 3 N–H and O–H groups in total. The van der Waals surface area contributed by atoms with Crippen LogP contribution in [0.5, 0.6) is 0 Å². The first-order chi connectivity index (χ1) is 9.58. The Morgan fingerprint density at radius 2 is 2.25 bits per heavy atom. The van der Waals surface area contributed by atoms with Gasteiger partial charge < -0.3 is 15.7 Å². The van der Waals surface area contributed by atoms with E-state index in [1.165, 1.54) is 4.90 Å². The molecule has 1 aliphatic rings. The Balaban J connectivity index is 2.13. The summed E-state index contributed by atoms with van der Waals surface area (Å²) in [6.45, 7) is 0.425. The first-order valence-electron chi connectivity index (χ1n) is 6.14. The molecule has 0 aromatic heterocycles. The van der Waals surface area contributed by atoms with E-state index in [4.69, 9.17) is 10.8 Å². The molecule has 0 saturated heterocycles. The predicted octanol–water partition coefficient (Wildman–Crippen LogP) is 0.639. The molecule has 1 atom stereocenters. The van der Waals surface area contributed by atoms with E-state index >= 15 is 0 Å². The Morgan fingerprint density at radius 3 is 2.90 bits per heavy atom. The zero-order valence-electron chi connectivity index (χ0n) is 10.8. The molecule has 104 valence electrons. The molecule has 1 amide bonds. The van der Waals surface area contributed by atoms with Gasteiger partial charge in [0, 0.05) is 24.2 Å². The molecular weight excluding hydrogens is 258 g/mol. The Morgan fingerprint density at radius 1 is 1.45 bits per heavy atom. The average molecular weight is 273 g/mol. The van der Waals surface area contributed by atoms with Crippen molar-refractivity contribution in [2.45, 2.75) is 12.5 Å². The molecule has 0 fully saturated rings. The zero-order valence-corrected chi connectivity index (χ0v) is 10.8. The summed E-state index contributed by atoms with van der Waals surface area (Å²) < 4.78 is 0. The van der Waals surface area contributed by atoms with E-state index in [1.807, 2.05) is 0 Å². The minimum absolute atomic E-state index is 0.154. The molecule has 2 rings (SSSR count).